The Morgan fingerprint density at radius 3 is 2.57 bits per heavy atom. The fourth-order valence-corrected chi connectivity index (χ4v) is 4.64. The molecule has 0 atom stereocenters. The van der Waals surface area contributed by atoms with E-state index >= 15 is 0 Å². The van der Waals surface area contributed by atoms with Crippen LogP contribution in [-0.2, 0) is 12.3 Å². The molecule has 0 aliphatic carbocycles. The lowest BCUT2D eigenvalue weighted by atomic mass is 10.1. The minimum absolute atomic E-state index is 0.0735. The van der Waals surface area contributed by atoms with Gasteiger partial charge < -0.3 is 9.88 Å². The first-order valence-corrected chi connectivity index (χ1v) is 10.9. The molecule has 0 unspecified atom stereocenters. The van der Waals surface area contributed by atoms with E-state index in [1.165, 1.54) is 33.5 Å². The van der Waals surface area contributed by atoms with Gasteiger partial charge in [0.15, 0.2) is 0 Å². The van der Waals surface area contributed by atoms with Gasteiger partial charge in [0, 0.05) is 40.8 Å². The first-order valence-electron chi connectivity index (χ1n) is 9.91. The lowest BCUT2D eigenvalue weighted by Crippen LogP contribution is -2.27. The van der Waals surface area contributed by atoms with Crippen molar-refractivity contribution < 1.29 is 9.18 Å². The number of aryl methyl sites for hydroxylation is 1. The van der Waals surface area contributed by atoms with Crippen molar-refractivity contribution in [2.75, 3.05) is 6.54 Å². The maximum atomic E-state index is 13.8. The Hall–Kier alpha value is -3.05. The monoisotopic (exact) mass is 418 g/mol. The standard InChI is InChI=1S/C25H23FN2OS/c1-18-8-2-3-9-19(18)17-30-24-16-28(23-13-7-5-11-21(23)24)15-14-27-25(29)20-10-4-6-12-22(20)26/h2-13,16H,14-15,17H2,1H3,(H,27,29). The molecule has 3 nitrogen and oxygen atoms in total. The van der Waals surface area contributed by atoms with Crippen molar-refractivity contribution >= 4 is 28.6 Å². The second kappa shape index (κ2) is 9.18. The molecule has 1 N–H and O–H groups in total. The molecule has 5 heteroatoms. The van der Waals surface area contributed by atoms with E-state index in [9.17, 15) is 9.18 Å². The Balaban J connectivity index is 1.46. The van der Waals surface area contributed by atoms with Crippen LogP contribution in [0.2, 0.25) is 0 Å². The molecular weight excluding hydrogens is 395 g/mol. The van der Waals surface area contributed by atoms with Crippen molar-refractivity contribution in [3.63, 3.8) is 0 Å². The summed E-state index contributed by atoms with van der Waals surface area (Å²) in [5.41, 5.74) is 3.83. The van der Waals surface area contributed by atoms with Gasteiger partial charge in [0.05, 0.1) is 5.56 Å². The number of aromatic nitrogens is 1. The van der Waals surface area contributed by atoms with Gasteiger partial charge in [-0.05, 0) is 36.2 Å². The maximum Gasteiger partial charge on any atom is 0.254 e. The molecule has 3 aromatic carbocycles. The molecule has 0 saturated carbocycles. The molecule has 0 aliphatic heterocycles. The van der Waals surface area contributed by atoms with Crippen LogP contribution in [0.4, 0.5) is 4.39 Å². The highest BCUT2D eigenvalue weighted by Gasteiger charge is 2.12. The summed E-state index contributed by atoms with van der Waals surface area (Å²) in [6.45, 7) is 3.18. The number of hydrogen-bond donors (Lipinski definition) is 1. The Kier molecular flexibility index (Phi) is 6.19. The fourth-order valence-electron chi connectivity index (χ4n) is 3.47. The quantitative estimate of drug-likeness (QED) is 0.384. The first-order chi connectivity index (χ1) is 14.6. The van der Waals surface area contributed by atoms with Crippen molar-refractivity contribution in [3.05, 3.63) is 102 Å². The zero-order valence-electron chi connectivity index (χ0n) is 16.8. The molecular formula is C25H23FN2OS. The van der Waals surface area contributed by atoms with E-state index in [1.807, 2.05) is 23.9 Å². The van der Waals surface area contributed by atoms with E-state index < -0.39 is 11.7 Å². The predicted molar refractivity (Wildman–Crippen MR) is 121 cm³/mol. The number of carbonyl (C=O) groups is 1. The van der Waals surface area contributed by atoms with E-state index in [0.29, 0.717) is 13.1 Å². The number of nitrogens with zero attached hydrogens (tertiary/aromatic N) is 1. The third-order valence-electron chi connectivity index (χ3n) is 5.15. The summed E-state index contributed by atoms with van der Waals surface area (Å²) < 4.78 is 15.9. The zero-order valence-corrected chi connectivity index (χ0v) is 17.6. The minimum Gasteiger partial charge on any atom is -0.350 e. The van der Waals surface area contributed by atoms with E-state index in [1.54, 1.807) is 12.1 Å². The van der Waals surface area contributed by atoms with Crippen molar-refractivity contribution in [3.8, 4) is 0 Å². The van der Waals surface area contributed by atoms with Gasteiger partial charge in [-0.25, -0.2) is 4.39 Å². The third-order valence-corrected chi connectivity index (χ3v) is 6.24. The van der Waals surface area contributed by atoms with Gasteiger partial charge in [0.25, 0.3) is 5.91 Å². The number of thioether (sulfide) groups is 1. The molecule has 0 fully saturated rings. The van der Waals surface area contributed by atoms with Crippen LogP contribution in [0.5, 0.6) is 0 Å². The van der Waals surface area contributed by atoms with Gasteiger partial charge in [0.2, 0.25) is 0 Å². The number of fused-ring (bicyclic) bond motifs is 1. The largest absolute Gasteiger partial charge is 0.350 e. The third kappa shape index (κ3) is 4.41. The summed E-state index contributed by atoms with van der Waals surface area (Å²) in [4.78, 5) is 13.5. The number of amides is 1. The number of benzene rings is 3. The second-order valence-corrected chi connectivity index (χ2v) is 8.17. The summed E-state index contributed by atoms with van der Waals surface area (Å²) in [6.07, 6.45) is 2.14. The maximum absolute atomic E-state index is 13.8. The topological polar surface area (TPSA) is 34.0 Å². The molecule has 0 bridgehead atoms. The van der Waals surface area contributed by atoms with E-state index in [-0.39, 0.29) is 5.56 Å². The number of halogens is 1. The van der Waals surface area contributed by atoms with Gasteiger partial charge in [-0.15, -0.1) is 11.8 Å². The van der Waals surface area contributed by atoms with E-state index in [2.05, 4.69) is 59.4 Å². The molecule has 0 saturated heterocycles. The predicted octanol–water partition coefficient (Wildman–Crippen LogP) is 5.81. The molecule has 152 valence electrons. The Labute approximate surface area is 179 Å². The number of para-hydroxylation sites is 1. The number of rotatable bonds is 7. The highest BCUT2D eigenvalue weighted by Crippen LogP contribution is 2.32. The van der Waals surface area contributed by atoms with Crippen LogP contribution >= 0.6 is 11.8 Å². The number of hydrogen-bond acceptors (Lipinski definition) is 2. The van der Waals surface area contributed by atoms with Crippen LogP contribution < -0.4 is 5.32 Å². The number of nitrogens with one attached hydrogen (secondary N) is 1. The SMILES string of the molecule is Cc1ccccc1CSc1cn(CCNC(=O)c2ccccc2F)c2ccccc12. The minimum atomic E-state index is -0.503. The number of carbonyl (C=O) groups excluding carboxylic acids is 1. The molecule has 4 aromatic rings. The van der Waals surface area contributed by atoms with Crippen LogP contribution in [-0.4, -0.2) is 17.0 Å². The Morgan fingerprint density at radius 1 is 1.00 bits per heavy atom. The normalized spacial score (nSPS) is 11.0. The molecule has 1 aromatic heterocycles. The average Bonchev–Trinajstić information content (AvgIpc) is 3.11. The van der Waals surface area contributed by atoms with Gasteiger partial charge in [-0.1, -0.05) is 54.6 Å². The van der Waals surface area contributed by atoms with E-state index in [4.69, 9.17) is 0 Å². The lowest BCUT2D eigenvalue weighted by molar-refractivity contribution is 0.0948. The van der Waals surface area contributed by atoms with Crippen LogP contribution in [0.3, 0.4) is 0 Å². The molecule has 30 heavy (non-hydrogen) atoms. The molecule has 1 heterocycles. The lowest BCUT2D eigenvalue weighted by Gasteiger charge is -2.08. The van der Waals surface area contributed by atoms with Crippen LogP contribution in [0.25, 0.3) is 10.9 Å². The summed E-state index contributed by atoms with van der Waals surface area (Å²) in [6, 6.07) is 22.8. The molecule has 0 radical (unpaired) electrons. The fraction of sp³-hybridized carbons (Fsp3) is 0.160. The van der Waals surface area contributed by atoms with Gasteiger partial charge in [-0.2, -0.15) is 0 Å². The Morgan fingerprint density at radius 2 is 1.73 bits per heavy atom. The first kappa shape index (κ1) is 20.2. The van der Waals surface area contributed by atoms with Crippen LogP contribution in [0, 0.1) is 12.7 Å². The molecule has 1 amide bonds. The molecule has 0 aliphatic rings. The average molecular weight is 419 g/mol. The van der Waals surface area contributed by atoms with Crippen LogP contribution in [0.1, 0.15) is 21.5 Å². The Bertz CT molecular complexity index is 1180. The second-order valence-electron chi connectivity index (χ2n) is 7.15. The van der Waals surface area contributed by atoms with Gasteiger partial charge in [0.1, 0.15) is 5.82 Å². The summed E-state index contributed by atoms with van der Waals surface area (Å²) in [5.74, 6) is 0.0139. The van der Waals surface area contributed by atoms with Crippen LogP contribution in [0.15, 0.2) is 83.9 Å². The highest BCUT2D eigenvalue weighted by molar-refractivity contribution is 7.98. The van der Waals surface area contributed by atoms with Gasteiger partial charge in [-0.3, -0.25) is 4.79 Å². The van der Waals surface area contributed by atoms with Crippen molar-refractivity contribution in [2.45, 2.75) is 24.1 Å². The van der Waals surface area contributed by atoms with Crippen molar-refractivity contribution in [1.29, 1.82) is 0 Å². The molecule has 4 rings (SSSR count). The zero-order chi connectivity index (χ0) is 20.9. The summed E-state index contributed by atoms with van der Waals surface area (Å²) in [7, 11) is 0. The van der Waals surface area contributed by atoms with Crippen molar-refractivity contribution in [2.24, 2.45) is 0 Å². The van der Waals surface area contributed by atoms with Crippen molar-refractivity contribution in [1.82, 2.24) is 9.88 Å². The van der Waals surface area contributed by atoms with Gasteiger partial charge >= 0.3 is 0 Å². The summed E-state index contributed by atoms with van der Waals surface area (Å²) >= 11 is 1.82. The van der Waals surface area contributed by atoms with E-state index in [0.717, 1.165) is 11.3 Å². The highest BCUT2D eigenvalue weighted by atomic mass is 32.2. The smallest absolute Gasteiger partial charge is 0.254 e. The summed E-state index contributed by atoms with van der Waals surface area (Å²) in [5, 5.41) is 4.03. The molecule has 0 spiro atoms.